The van der Waals surface area contributed by atoms with E-state index in [9.17, 15) is 4.79 Å². The minimum absolute atomic E-state index is 0.0487. The molecule has 1 aromatic heterocycles. The first-order valence-corrected chi connectivity index (χ1v) is 12.9. The Balaban J connectivity index is 1.57. The van der Waals surface area contributed by atoms with Gasteiger partial charge in [-0.15, -0.1) is 5.10 Å². The molecule has 1 aliphatic rings. The van der Waals surface area contributed by atoms with Gasteiger partial charge in [-0.3, -0.25) is 0 Å². The van der Waals surface area contributed by atoms with Crippen LogP contribution in [0.1, 0.15) is 57.0 Å². The van der Waals surface area contributed by atoms with Crippen molar-refractivity contribution < 1.29 is 19.0 Å². The van der Waals surface area contributed by atoms with Crippen LogP contribution in [0, 0.1) is 0 Å². The average molecular weight is 506 g/mol. The van der Waals surface area contributed by atoms with E-state index in [2.05, 4.69) is 57.6 Å². The molecule has 1 unspecified atom stereocenters. The number of anilines is 1. The molecule has 0 spiro atoms. The summed E-state index contributed by atoms with van der Waals surface area (Å²) in [6.45, 7) is 6.77. The number of carbonyl (C=O) groups is 1. The molecule has 37 heavy (non-hydrogen) atoms. The van der Waals surface area contributed by atoms with E-state index in [1.54, 1.807) is 0 Å². The number of aromatic amines is 1. The summed E-state index contributed by atoms with van der Waals surface area (Å²) in [7, 11) is 1.42. The molecule has 0 fully saturated rings. The fourth-order valence-electron chi connectivity index (χ4n) is 4.53. The Kier molecular flexibility index (Phi) is 9.26. The molecule has 9 nitrogen and oxygen atoms in total. The van der Waals surface area contributed by atoms with Crippen molar-refractivity contribution in [2.24, 2.45) is 0 Å². The number of tetrazole rings is 1. The van der Waals surface area contributed by atoms with Gasteiger partial charge in [0.2, 0.25) is 0 Å². The first kappa shape index (κ1) is 26.3. The second kappa shape index (κ2) is 13.0. The van der Waals surface area contributed by atoms with Crippen LogP contribution < -0.4 is 9.64 Å². The maximum Gasteiger partial charge on any atom is 0.333 e. The zero-order valence-corrected chi connectivity index (χ0v) is 21.8. The first-order chi connectivity index (χ1) is 18.1. The van der Waals surface area contributed by atoms with Crippen LogP contribution in [0.5, 0.6) is 5.75 Å². The van der Waals surface area contributed by atoms with Crippen molar-refractivity contribution in [3.63, 3.8) is 0 Å². The quantitative estimate of drug-likeness (QED) is 0.272. The van der Waals surface area contributed by atoms with Crippen LogP contribution in [0.2, 0.25) is 0 Å². The largest absolute Gasteiger partial charge is 0.491 e. The summed E-state index contributed by atoms with van der Waals surface area (Å²) < 4.78 is 16.4. The molecule has 2 heterocycles. The van der Waals surface area contributed by atoms with Gasteiger partial charge in [0.15, 0.2) is 5.82 Å². The van der Waals surface area contributed by atoms with E-state index >= 15 is 0 Å². The van der Waals surface area contributed by atoms with Gasteiger partial charge in [-0.25, -0.2) is 9.89 Å². The maximum atomic E-state index is 12.5. The third-order valence-electron chi connectivity index (χ3n) is 6.50. The van der Waals surface area contributed by atoms with Crippen molar-refractivity contribution in [2.45, 2.75) is 45.6 Å². The highest BCUT2D eigenvalue weighted by Crippen LogP contribution is 2.37. The molecular weight excluding hydrogens is 470 g/mol. The zero-order valence-electron chi connectivity index (χ0n) is 21.8. The van der Waals surface area contributed by atoms with Crippen LogP contribution in [0.4, 0.5) is 5.69 Å². The summed E-state index contributed by atoms with van der Waals surface area (Å²) in [5, 5.41) is 14.6. The standard InChI is InChI=1S/C28H35N5O4/c1-4-6-15-36-16-17-37-24-10-7-20(8-11-24)21-9-12-26-23(18-21)19-22(28(34)35-3)13-14-33(26)25(5-2)27-29-31-32-30-27/h7-12,18-19,25H,4-6,13-17H2,1-3H3,(H,29,30,31,32). The van der Waals surface area contributed by atoms with Crippen molar-refractivity contribution in [1.82, 2.24) is 20.6 Å². The molecular formula is C28H35N5O4. The monoisotopic (exact) mass is 505 g/mol. The normalized spacial score (nSPS) is 13.9. The SMILES string of the molecule is CCCCOCCOc1ccc(-c2ccc3c(c2)C=C(C(=O)OC)CCN3C(CC)c2nnn[nH]2)cc1. The number of nitrogens with one attached hydrogen (secondary N) is 1. The number of fused-ring (bicyclic) bond motifs is 1. The molecule has 0 aliphatic carbocycles. The number of rotatable bonds is 12. The number of esters is 1. The number of aromatic nitrogens is 4. The minimum atomic E-state index is -0.312. The van der Waals surface area contributed by atoms with Crippen molar-refractivity contribution in [3.8, 4) is 16.9 Å². The van der Waals surface area contributed by atoms with Crippen LogP contribution >= 0.6 is 0 Å². The minimum Gasteiger partial charge on any atom is -0.491 e. The number of hydrogen-bond acceptors (Lipinski definition) is 8. The lowest BCUT2D eigenvalue weighted by Gasteiger charge is -2.32. The molecule has 1 atom stereocenters. The molecule has 0 saturated heterocycles. The summed E-state index contributed by atoms with van der Waals surface area (Å²) in [6, 6.07) is 14.3. The smallest absolute Gasteiger partial charge is 0.333 e. The van der Waals surface area contributed by atoms with Crippen molar-refractivity contribution in [1.29, 1.82) is 0 Å². The topological polar surface area (TPSA) is 102 Å². The lowest BCUT2D eigenvalue weighted by atomic mass is 9.99. The highest BCUT2D eigenvalue weighted by molar-refractivity contribution is 5.96. The molecule has 4 rings (SSSR count). The molecule has 0 bridgehead atoms. The summed E-state index contributed by atoms with van der Waals surface area (Å²) >= 11 is 0. The van der Waals surface area contributed by atoms with Gasteiger partial charge in [-0.1, -0.05) is 38.5 Å². The number of hydrogen-bond donors (Lipinski definition) is 1. The van der Waals surface area contributed by atoms with Gasteiger partial charge in [-0.05, 0) is 76.7 Å². The molecule has 1 N–H and O–H groups in total. The maximum absolute atomic E-state index is 12.5. The van der Waals surface area contributed by atoms with Crippen LogP contribution in [0.15, 0.2) is 48.0 Å². The van der Waals surface area contributed by atoms with E-state index in [-0.39, 0.29) is 12.0 Å². The third kappa shape index (κ3) is 6.54. The summed E-state index contributed by atoms with van der Waals surface area (Å²) in [5.74, 6) is 1.20. The van der Waals surface area contributed by atoms with Gasteiger partial charge in [0, 0.05) is 24.4 Å². The highest BCUT2D eigenvalue weighted by Gasteiger charge is 2.27. The Morgan fingerprint density at radius 2 is 1.89 bits per heavy atom. The van der Waals surface area contributed by atoms with Crippen LogP contribution in [-0.4, -0.2) is 60.1 Å². The van der Waals surface area contributed by atoms with Gasteiger partial charge in [0.25, 0.3) is 0 Å². The fraction of sp³-hybridized carbons (Fsp3) is 0.429. The molecule has 196 valence electrons. The predicted molar refractivity (Wildman–Crippen MR) is 142 cm³/mol. The molecule has 0 amide bonds. The van der Waals surface area contributed by atoms with E-state index in [1.165, 1.54) is 7.11 Å². The molecule has 0 radical (unpaired) electrons. The summed E-state index contributed by atoms with van der Waals surface area (Å²) in [6.07, 6.45) is 5.49. The van der Waals surface area contributed by atoms with E-state index in [1.807, 2.05) is 30.3 Å². The van der Waals surface area contributed by atoms with Crippen molar-refractivity contribution in [3.05, 3.63) is 59.4 Å². The number of benzene rings is 2. The second-order valence-corrected chi connectivity index (χ2v) is 8.93. The lowest BCUT2D eigenvalue weighted by Crippen LogP contribution is -2.30. The average Bonchev–Trinajstić information content (AvgIpc) is 3.39. The molecule has 3 aromatic rings. The Labute approximate surface area is 217 Å². The fourth-order valence-corrected chi connectivity index (χ4v) is 4.53. The van der Waals surface area contributed by atoms with E-state index < -0.39 is 0 Å². The number of unbranched alkanes of at least 4 members (excludes halogenated alkanes) is 1. The van der Waals surface area contributed by atoms with Gasteiger partial charge >= 0.3 is 5.97 Å². The number of nitrogens with zero attached hydrogens (tertiary/aromatic N) is 4. The predicted octanol–water partition coefficient (Wildman–Crippen LogP) is 4.98. The van der Waals surface area contributed by atoms with Gasteiger partial charge < -0.3 is 19.1 Å². The van der Waals surface area contributed by atoms with Crippen molar-refractivity contribution in [2.75, 3.05) is 38.4 Å². The summed E-state index contributed by atoms with van der Waals surface area (Å²) in [4.78, 5) is 14.7. The Hall–Kier alpha value is -3.72. The third-order valence-corrected chi connectivity index (χ3v) is 6.50. The van der Waals surface area contributed by atoms with Crippen LogP contribution in [-0.2, 0) is 14.3 Å². The Bertz CT molecular complexity index is 1180. The summed E-state index contributed by atoms with van der Waals surface area (Å²) in [5.41, 5.74) is 4.72. The van der Waals surface area contributed by atoms with Gasteiger partial charge in [-0.2, -0.15) is 0 Å². The van der Waals surface area contributed by atoms with E-state index in [4.69, 9.17) is 14.2 Å². The Morgan fingerprint density at radius 3 is 2.59 bits per heavy atom. The number of carbonyl (C=O) groups excluding carboxylic acids is 1. The highest BCUT2D eigenvalue weighted by atomic mass is 16.5. The Morgan fingerprint density at radius 1 is 1.08 bits per heavy atom. The van der Waals surface area contributed by atoms with Gasteiger partial charge in [0.1, 0.15) is 12.4 Å². The second-order valence-electron chi connectivity index (χ2n) is 8.93. The van der Waals surface area contributed by atoms with Crippen LogP contribution in [0.25, 0.3) is 17.2 Å². The van der Waals surface area contributed by atoms with E-state index in [0.717, 1.165) is 54.0 Å². The number of H-pyrrole nitrogens is 1. The van der Waals surface area contributed by atoms with Crippen LogP contribution in [0.3, 0.4) is 0 Å². The zero-order chi connectivity index (χ0) is 26.0. The lowest BCUT2D eigenvalue weighted by molar-refractivity contribution is -0.136. The molecule has 9 heteroatoms. The molecule has 0 saturated carbocycles. The molecule has 1 aliphatic heterocycles. The van der Waals surface area contributed by atoms with E-state index in [0.29, 0.717) is 37.6 Å². The number of methoxy groups -OCH3 is 1. The van der Waals surface area contributed by atoms with Gasteiger partial charge in [0.05, 0.1) is 19.8 Å². The molecule has 2 aromatic carbocycles. The number of ether oxygens (including phenoxy) is 3. The first-order valence-electron chi connectivity index (χ1n) is 12.9. The van der Waals surface area contributed by atoms with Crippen molar-refractivity contribution >= 4 is 17.7 Å².